The third kappa shape index (κ3) is 2.74. The highest BCUT2D eigenvalue weighted by Crippen LogP contribution is 2.28. The molecule has 0 saturated heterocycles. The van der Waals surface area contributed by atoms with Crippen LogP contribution >= 0.6 is 11.3 Å². The number of anilines is 1. The van der Waals surface area contributed by atoms with Gasteiger partial charge in [-0.1, -0.05) is 23.8 Å². The standard InChI is InChI=1S/C14H16N2S/c1-4-7-15-14-16-13(9-17-14)12-8-10(2)5-6-11(12)3/h4-6,8-9H,1,7H2,2-3H3,(H,15,16). The summed E-state index contributed by atoms with van der Waals surface area (Å²) in [5.74, 6) is 0. The smallest absolute Gasteiger partial charge is 0.183 e. The van der Waals surface area contributed by atoms with Crippen LogP contribution in [0.2, 0.25) is 0 Å². The van der Waals surface area contributed by atoms with Gasteiger partial charge in [0, 0.05) is 17.5 Å². The molecule has 0 amide bonds. The third-order valence-electron chi connectivity index (χ3n) is 2.57. The van der Waals surface area contributed by atoms with Gasteiger partial charge in [0.15, 0.2) is 5.13 Å². The maximum absolute atomic E-state index is 4.58. The van der Waals surface area contributed by atoms with E-state index in [-0.39, 0.29) is 0 Å². The summed E-state index contributed by atoms with van der Waals surface area (Å²) in [5.41, 5.74) is 4.78. The molecule has 1 aromatic carbocycles. The van der Waals surface area contributed by atoms with E-state index >= 15 is 0 Å². The molecule has 0 atom stereocenters. The normalized spacial score (nSPS) is 10.2. The molecule has 2 rings (SSSR count). The average Bonchev–Trinajstić information content (AvgIpc) is 2.78. The Balaban J connectivity index is 2.30. The van der Waals surface area contributed by atoms with E-state index in [1.165, 1.54) is 16.7 Å². The molecule has 0 saturated carbocycles. The lowest BCUT2D eigenvalue weighted by atomic mass is 10.0. The highest BCUT2D eigenvalue weighted by Gasteiger charge is 2.06. The van der Waals surface area contributed by atoms with E-state index in [0.29, 0.717) is 0 Å². The van der Waals surface area contributed by atoms with E-state index in [1.54, 1.807) is 11.3 Å². The molecule has 1 heterocycles. The Morgan fingerprint density at radius 2 is 2.24 bits per heavy atom. The summed E-state index contributed by atoms with van der Waals surface area (Å²) in [6.45, 7) is 8.65. The van der Waals surface area contributed by atoms with Crippen LogP contribution in [0.4, 0.5) is 5.13 Å². The number of thiazole rings is 1. The zero-order valence-electron chi connectivity index (χ0n) is 10.2. The monoisotopic (exact) mass is 244 g/mol. The second-order valence-corrected chi connectivity index (χ2v) is 4.88. The predicted molar refractivity (Wildman–Crippen MR) is 75.7 cm³/mol. The Morgan fingerprint density at radius 1 is 1.41 bits per heavy atom. The van der Waals surface area contributed by atoms with Crippen molar-refractivity contribution in [3.63, 3.8) is 0 Å². The number of benzene rings is 1. The summed E-state index contributed by atoms with van der Waals surface area (Å²) in [7, 11) is 0. The molecule has 0 fully saturated rings. The van der Waals surface area contributed by atoms with E-state index < -0.39 is 0 Å². The minimum absolute atomic E-state index is 0.750. The van der Waals surface area contributed by atoms with Crippen molar-refractivity contribution in [2.75, 3.05) is 11.9 Å². The molecule has 0 radical (unpaired) electrons. The molecule has 3 heteroatoms. The summed E-state index contributed by atoms with van der Waals surface area (Å²) >= 11 is 1.63. The van der Waals surface area contributed by atoms with Crippen LogP contribution < -0.4 is 5.32 Å². The van der Waals surface area contributed by atoms with Crippen LogP contribution in [0, 0.1) is 13.8 Å². The summed E-state index contributed by atoms with van der Waals surface area (Å²) in [6.07, 6.45) is 1.83. The SMILES string of the molecule is C=CCNc1nc(-c2cc(C)ccc2C)cs1. The first kappa shape index (κ1) is 11.9. The van der Waals surface area contributed by atoms with E-state index in [4.69, 9.17) is 0 Å². The van der Waals surface area contributed by atoms with E-state index in [2.05, 4.69) is 54.3 Å². The lowest BCUT2D eigenvalue weighted by Gasteiger charge is -2.03. The Kier molecular flexibility index (Phi) is 3.59. The van der Waals surface area contributed by atoms with Gasteiger partial charge in [-0.25, -0.2) is 4.98 Å². The van der Waals surface area contributed by atoms with Crippen molar-refractivity contribution in [2.45, 2.75) is 13.8 Å². The van der Waals surface area contributed by atoms with Gasteiger partial charge in [0.25, 0.3) is 0 Å². The second kappa shape index (κ2) is 5.15. The van der Waals surface area contributed by atoms with Gasteiger partial charge in [-0.15, -0.1) is 17.9 Å². The highest BCUT2D eigenvalue weighted by atomic mass is 32.1. The summed E-state index contributed by atoms with van der Waals surface area (Å²) in [5, 5.41) is 6.24. The first-order valence-corrected chi connectivity index (χ1v) is 6.46. The number of rotatable bonds is 4. The zero-order valence-corrected chi connectivity index (χ0v) is 11.0. The molecule has 2 nitrogen and oxygen atoms in total. The first-order chi connectivity index (χ1) is 8.20. The van der Waals surface area contributed by atoms with Gasteiger partial charge in [0.1, 0.15) is 0 Å². The molecule has 1 aromatic heterocycles. The maximum atomic E-state index is 4.58. The quantitative estimate of drug-likeness (QED) is 0.821. The average molecular weight is 244 g/mol. The van der Waals surface area contributed by atoms with E-state index in [9.17, 15) is 0 Å². The molecule has 0 bridgehead atoms. The molecule has 17 heavy (non-hydrogen) atoms. The van der Waals surface area contributed by atoms with Crippen molar-refractivity contribution in [3.8, 4) is 11.3 Å². The van der Waals surface area contributed by atoms with Crippen molar-refractivity contribution < 1.29 is 0 Å². The van der Waals surface area contributed by atoms with Crippen LogP contribution in [-0.4, -0.2) is 11.5 Å². The fourth-order valence-electron chi connectivity index (χ4n) is 1.65. The Labute approximate surface area is 106 Å². The van der Waals surface area contributed by atoms with Gasteiger partial charge in [-0.3, -0.25) is 0 Å². The van der Waals surface area contributed by atoms with Gasteiger partial charge in [0.2, 0.25) is 0 Å². The molecule has 0 aliphatic heterocycles. The Bertz CT molecular complexity index is 529. The molecular formula is C14H16N2S. The summed E-state index contributed by atoms with van der Waals surface area (Å²) in [6, 6.07) is 6.45. The van der Waals surface area contributed by atoms with Crippen molar-refractivity contribution >= 4 is 16.5 Å². The van der Waals surface area contributed by atoms with Crippen LogP contribution in [0.5, 0.6) is 0 Å². The fraction of sp³-hybridized carbons (Fsp3) is 0.214. The second-order valence-electron chi connectivity index (χ2n) is 4.03. The molecular weight excluding hydrogens is 228 g/mol. The van der Waals surface area contributed by atoms with Crippen molar-refractivity contribution in [1.29, 1.82) is 0 Å². The van der Waals surface area contributed by atoms with Crippen LogP contribution in [0.15, 0.2) is 36.2 Å². The molecule has 88 valence electrons. The minimum atomic E-state index is 0.750. The van der Waals surface area contributed by atoms with E-state index in [1.807, 2.05) is 6.08 Å². The van der Waals surface area contributed by atoms with Gasteiger partial charge < -0.3 is 5.32 Å². The van der Waals surface area contributed by atoms with Crippen molar-refractivity contribution in [3.05, 3.63) is 47.4 Å². The first-order valence-electron chi connectivity index (χ1n) is 5.58. The summed E-state index contributed by atoms with van der Waals surface area (Å²) < 4.78 is 0. The van der Waals surface area contributed by atoms with E-state index in [0.717, 1.165) is 17.4 Å². The fourth-order valence-corrected chi connectivity index (χ4v) is 2.37. The number of aryl methyl sites for hydroxylation is 2. The third-order valence-corrected chi connectivity index (χ3v) is 3.37. The molecule has 0 aliphatic rings. The van der Waals surface area contributed by atoms with Crippen molar-refractivity contribution in [2.24, 2.45) is 0 Å². The Hall–Kier alpha value is -1.61. The molecule has 0 spiro atoms. The topological polar surface area (TPSA) is 24.9 Å². The van der Waals surface area contributed by atoms with Gasteiger partial charge in [-0.05, 0) is 25.5 Å². The minimum Gasteiger partial charge on any atom is -0.358 e. The Morgan fingerprint density at radius 3 is 3.00 bits per heavy atom. The highest BCUT2D eigenvalue weighted by molar-refractivity contribution is 7.14. The van der Waals surface area contributed by atoms with Gasteiger partial charge in [0.05, 0.1) is 5.69 Å². The number of nitrogens with zero attached hydrogens (tertiary/aromatic N) is 1. The largest absolute Gasteiger partial charge is 0.358 e. The van der Waals surface area contributed by atoms with Crippen LogP contribution in [0.3, 0.4) is 0 Å². The van der Waals surface area contributed by atoms with Crippen LogP contribution in [0.25, 0.3) is 11.3 Å². The molecule has 1 N–H and O–H groups in total. The number of hydrogen-bond acceptors (Lipinski definition) is 3. The predicted octanol–water partition coefficient (Wildman–Crippen LogP) is 4.02. The summed E-state index contributed by atoms with van der Waals surface area (Å²) in [4.78, 5) is 4.58. The number of aromatic nitrogens is 1. The lowest BCUT2D eigenvalue weighted by molar-refractivity contribution is 1.27. The molecule has 0 unspecified atom stereocenters. The van der Waals surface area contributed by atoms with Crippen molar-refractivity contribution in [1.82, 2.24) is 4.98 Å². The van der Waals surface area contributed by atoms with Crippen LogP contribution in [-0.2, 0) is 0 Å². The van der Waals surface area contributed by atoms with Gasteiger partial charge >= 0.3 is 0 Å². The lowest BCUT2D eigenvalue weighted by Crippen LogP contribution is -1.96. The zero-order chi connectivity index (χ0) is 12.3. The molecule has 2 aromatic rings. The number of hydrogen-bond donors (Lipinski definition) is 1. The van der Waals surface area contributed by atoms with Gasteiger partial charge in [-0.2, -0.15) is 0 Å². The number of nitrogens with one attached hydrogen (secondary N) is 1. The molecule has 0 aliphatic carbocycles. The maximum Gasteiger partial charge on any atom is 0.183 e. The van der Waals surface area contributed by atoms with Crippen LogP contribution in [0.1, 0.15) is 11.1 Å².